The van der Waals surface area contributed by atoms with Crippen molar-refractivity contribution in [3.05, 3.63) is 89.0 Å². The topological polar surface area (TPSA) is 87.7 Å². The Kier molecular flexibility index (Phi) is 7.42. The van der Waals surface area contributed by atoms with E-state index in [4.69, 9.17) is 4.74 Å². The Morgan fingerprint density at radius 2 is 1.66 bits per heavy atom. The molecule has 4 rings (SSSR count). The molecule has 3 aromatic rings. The van der Waals surface area contributed by atoms with Gasteiger partial charge in [0, 0.05) is 18.8 Å². The zero-order valence-electron chi connectivity index (χ0n) is 20.2. The summed E-state index contributed by atoms with van der Waals surface area (Å²) in [6.45, 7) is 8.67. The van der Waals surface area contributed by atoms with Crippen LogP contribution < -0.4 is 14.9 Å². The Balaban J connectivity index is 1.49. The van der Waals surface area contributed by atoms with E-state index in [0.29, 0.717) is 5.56 Å². The van der Waals surface area contributed by atoms with Crippen molar-refractivity contribution in [3.8, 4) is 0 Å². The molecule has 0 spiro atoms. The molecule has 3 aromatic carbocycles. The molecule has 8 heteroatoms. The average molecular weight is 494 g/mol. The van der Waals surface area contributed by atoms with Crippen LogP contribution in [-0.4, -0.2) is 40.6 Å². The monoisotopic (exact) mass is 493 g/mol. The summed E-state index contributed by atoms with van der Waals surface area (Å²) in [6.07, 6.45) is 0. The fraction of sp³-hybridized carbons (Fsp3) is 0.296. The Morgan fingerprint density at radius 1 is 0.971 bits per heavy atom. The predicted octanol–water partition coefficient (Wildman–Crippen LogP) is 4.43. The highest BCUT2D eigenvalue weighted by molar-refractivity contribution is 7.92. The molecule has 0 saturated carbocycles. The molecule has 1 amide bonds. The third-order valence-corrected chi connectivity index (χ3v) is 7.67. The van der Waals surface area contributed by atoms with Crippen molar-refractivity contribution in [2.24, 2.45) is 0 Å². The maximum absolute atomic E-state index is 13.1. The normalized spacial score (nSPS) is 14.9. The molecule has 1 aliphatic heterocycles. The molecule has 35 heavy (non-hydrogen) atoms. The maximum atomic E-state index is 13.1. The molecule has 1 unspecified atom stereocenters. The molecular formula is C27H31N3O4S. The van der Waals surface area contributed by atoms with Gasteiger partial charge >= 0.3 is 0 Å². The fourth-order valence-corrected chi connectivity index (χ4v) is 5.53. The molecule has 1 atom stereocenters. The minimum Gasteiger partial charge on any atom is -0.378 e. The lowest BCUT2D eigenvalue weighted by atomic mass is 10.1. The molecule has 1 aliphatic rings. The van der Waals surface area contributed by atoms with E-state index in [0.717, 1.165) is 43.1 Å². The molecule has 1 fully saturated rings. The molecule has 0 aromatic heterocycles. The number of morpholine rings is 1. The number of carbonyl (C=O) groups excluding carboxylic acids is 1. The summed E-state index contributed by atoms with van der Waals surface area (Å²) in [7, 11) is -3.86. The Labute approximate surface area is 207 Å². The first kappa shape index (κ1) is 24.8. The average Bonchev–Trinajstić information content (AvgIpc) is 2.86. The third-order valence-electron chi connectivity index (χ3n) is 6.17. The highest BCUT2D eigenvalue weighted by atomic mass is 32.2. The summed E-state index contributed by atoms with van der Waals surface area (Å²) in [5.74, 6) is -0.353. The van der Waals surface area contributed by atoms with Gasteiger partial charge in [0.05, 0.1) is 35.4 Å². The van der Waals surface area contributed by atoms with E-state index >= 15 is 0 Å². The molecule has 2 N–H and O–H groups in total. The molecule has 7 nitrogen and oxygen atoms in total. The fourth-order valence-electron chi connectivity index (χ4n) is 4.12. The van der Waals surface area contributed by atoms with Crippen molar-refractivity contribution in [2.75, 3.05) is 35.9 Å². The second-order valence-electron chi connectivity index (χ2n) is 8.81. The lowest BCUT2D eigenvalue weighted by Crippen LogP contribution is -2.36. The number of rotatable bonds is 7. The van der Waals surface area contributed by atoms with Crippen LogP contribution in [-0.2, 0) is 14.8 Å². The zero-order valence-corrected chi connectivity index (χ0v) is 21.1. The van der Waals surface area contributed by atoms with Gasteiger partial charge in [-0.3, -0.25) is 9.52 Å². The van der Waals surface area contributed by atoms with Crippen molar-refractivity contribution in [1.29, 1.82) is 0 Å². The van der Waals surface area contributed by atoms with Crippen molar-refractivity contribution < 1.29 is 17.9 Å². The number of sulfonamides is 1. The van der Waals surface area contributed by atoms with Gasteiger partial charge in [0.25, 0.3) is 15.9 Å². The SMILES string of the molecule is Cc1ccc(C)c(S(=O)(=O)Nc2ccccc2C(=O)NC(C)c2ccc(N3CCOCC3)cc2)c1. The molecule has 0 radical (unpaired) electrons. The predicted molar refractivity (Wildman–Crippen MR) is 139 cm³/mol. The summed E-state index contributed by atoms with van der Waals surface area (Å²) in [5, 5.41) is 2.99. The van der Waals surface area contributed by atoms with Gasteiger partial charge in [-0.2, -0.15) is 0 Å². The van der Waals surface area contributed by atoms with Crippen molar-refractivity contribution in [1.82, 2.24) is 5.32 Å². The first-order valence-electron chi connectivity index (χ1n) is 11.7. The van der Waals surface area contributed by atoms with Gasteiger partial charge in [0.15, 0.2) is 0 Å². The lowest BCUT2D eigenvalue weighted by Gasteiger charge is -2.29. The van der Waals surface area contributed by atoms with E-state index in [2.05, 4.69) is 27.1 Å². The van der Waals surface area contributed by atoms with E-state index in [1.54, 1.807) is 43.3 Å². The first-order chi connectivity index (χ1) is 16.7. The molecule has 1 heterocycles. The number of hydrogen-bond acceptors (Lipinski definition) is 5. The second kappa shape index (κ2) is 10.5. The zero-order chi connectivity index (χ0) is 25.0. The van der Waals surface area contributed by atoms with Crippen molar-refractivity contribution in [2.45, 2.75) is 31.7 Å². The van der Waals surface area contributed by atoms with Crippen LogP contribution in [0.3, 0.4) is 0 Å². The standard InChI is InChI=1S/C27H31N3O4S/c1-19-8-9-20(2)26(18-19)35(32,33)29-25-7-5-4-6-24(25)27(31)28-21(3)22-10-12-23(13-11-22)30-14-16-34-17-15-30/h4-13,18,21,29H,14-17H2,1-3H3,(H,28,31). The van der Waals surface area contributed by atoms with E-state index in [-0.39, 0.29) is 28.1 Å². The van der Waals surface area contributed by atoms with Crippen LogP contribution in [0.1, 0.15) is 40.0 Å². The smallest absolute Gasteiger partial charge is 0.262 e. The summed E-state index contributed by atoms with van der Waals surface area (Å²) in [4.78, 5) is 15.6. The minimum atomic E-state index is -3.86. The molecule has 184 valence electrons. The van der Waals surface area contributed by atoms with Crippen LogP contribution >= 0.6 is 0 Å². The van der Waals surface area contributed by atoms with Crippen LogP contribution in [0.5, 0.6) is 0 Å². The molecule has 1 saturated heterocycles. The number of nitrogens with zero attached hydrogens (tertiary/aromatic N) is 1. The number of carbonyl (C=O) groups is 1. The second-order valence-corrected chi connectivity index (χ2v) is 10.5. The van der Waals surface area contributed by atoms with Gasteiger partial charge < -0.3 is 15.0 Å². The highest BCUT2D eigenvalue weighted by Crippen LogP contribution is 2.25. The quantitative estimate of drug-likeness (QED) is 0.508. The number of benzene rings is 3. The van der Waals surface area contributed by atoms with Crippen LogP contribution in [0.25, 0.3) is 0 Å². The highest BCUT2D eigenvalue weighted by Gasteiger charge is 2.21. The summed E-state index contributed by atoms with van der Waals surface area (Å²) >= 11 is 0. The summed E-state index contributed by atoms with van der Waals surface area (Å²) in [6, 6.07) is 19.7. The van der Waals surface area contributed by atoms with E-state index in [1.165, 1.54) is 0 Å². The molecular weight excluding hydrogens is 462 g/mol. The van der Waals surface area contributed by atoms with Crippen molar-refractivity contribution >= 4 is 27.3 Å². The van der Waals surface area contributed by atoms with Crippen LogP contribution in [0.2, 0.25) is 0 Å². The maximum Gasteiger partial charge on any atom is 0.262 e. The van der Waals surface area contributed by atoms with Crippen molar-refractivity contribution in [3.63, 3.8) is 0 Å². The number of ether oxygens (including phenoxy) is 1. The first-order valence-corrected chi connectivity index (χ1v) is 13.2. The number of hydrogen-bond donors (Lipinski definition) is 2. The molecule has 0 bridgehead atoms. The summed E-state index contributed by atoms with van der Waals surface area (Å²) in [5.41, 5.74) is 4.07. The van der Waals surface area contributed by atoms with Gasteiger partial charge in [-0.1, -0.05) is 36.4 Å². The van der Waals surface area contributed by atoms with Crippen LogP contribution in [0.15, 0.2) is 71.6 Å². The van der Waals surface area contributed by atoms with E-state index < -0.39 is 10.0 Å². The largest absolute Gasteiger partial charge is 0.378 e. The Hall–Kier alpha value is -3.36. The number of aryl methyl sites for hydroxylation is 2. The van der Waals surface area contributed by atoms with E-state index in [1.807, 2.05) is 32.0 Å². The van der Waals surface area contributed by atoms with Gasteiger partial charge in [0.2, 0.25) is 0 Å². The molecule has 0 aliphatic carbocycles. The van der Waals surface area contributed by atoms with Crippen LogP contribution in [0, 0.1) is 13.8 Å². The number of amides is 1. The summed E-state index contributed by atoms with van der Waals surface area (Å²) < 4.78 is 34.2. The van der Waals surface area contributed by atoms with Gasteiger partial charge in [-0.15, -0.1) is 0 Å². The van der Waals surface area contributed by atoms with Crippen LogP contribution in [0.4, 0.5) is 11.4 Å². The van der Waals surface area contributed by atoms with E-state index in [9.17, 15) is 13.2 Å². The number of nitrogens with one attached hydrogen (secondary N) is 2. The van der Waals surface area contributed by atoms with Gasteiger partial charge in [-0.05, 0) is 67.8 Å². The van der Waals surface area contributed by atoms with Gasteiger partial charge in [-0.25, -0.2) is 8.42 Å². The van der Waals surface area contributed by atoms with Gasteiger partial charge in [0.1, 0.15) is 0 Å². The lowest BCUT2D eigenvalue weighted by molar-refractivity contribution is 0.0940. The number of para-hydroxylation sites is 1. The number of anilines is 2. The Bertz CT molecular complexity index is 1300. The Morgan fingerprint density at radius 3 is 2.37 bits per heavy atom. The third kappa shape index (κ3) is 5.83. The minimum absolute atomic E-state index is 0.196.